The summed E-state index contributed by atoms with van der Waals surface area (Å²) >= 11 is 4.90. The topological polar surface area (TPSA) is 31.4 Å². The molecule has 0 N–H and O–H groups in total. The van der Waals surface area contributed by atoms with Gasteiger partial charge in [-0.25, -0.2) is 4.98 Å². The van der Waals surface area contributed by atoms with Crippen molar-refractivity contribution in [2.45, 2.75) is 0 Å². The average molecular weight is 300 g/mol. The highest BCUT2D eigenvalue weighted by atomic mass is 79.9. The summed E-state index contributed by atoms with van der Waals surface area (Å²) in [6.07, 6.45) is 0. The van der Waals surface area contributed by atoms with Gasteiger partial charge in [0.05, 0.1) is 19.8 Å². The van der Waals surface area contributed by atoms with Gasteiger partial charge < -0.3 is 9.47 Å². The molecule has 0 aliphatic rings. The lowest BCUT2D eigenvalue weighted by Crippen LogP contribution is -1.89. The van der Waals surface area contributed by atoms with Gasteiger partial charge in [-0.15, -0.1) is 11.3 Å². The third-order valence-corrected chi connectivity index (χ3v) is 3.70. The smallest absolute Gasteiger partial charge is 0.132 e. The molecule has 84 valence electrons. The Labute approximate surface area is 106 Å². The largest absolute Gasteiger partial charge is 0.497 e. The second-order valence-corrected chi connectivity index (χ2v) is 4.71. The summed E-state index contributed by atoms with van der Waals surface area (Å²) in [4.78, 5) is 4.36. The maximum atomic E-state index is 5.32. The number of methoxy groups -OCH3 is 2. The fourth-order valence-corrected chi connectivity index (χ4v) is 2.64. The predicted molar refractivity (Wildman–Crippen MR) is 68.4 cm³/mol. The van der Waals surface area contributed by atoms with Crippen LogP contribution in [-0.4, -0.2) is 19.2 Å². The Morgan fingerprint density at radius 3 is 2.62 bits per heavy atom. The highest BCUT2D eigenvalue weighted by Crippen LogP contribution is 2.35. The fourth-order valence-electron chi connectivity index (χ4n) is 1.35. The number of hydrogen-bond donors (Lipinski definition) is 0. The zero-order chi connectivity index (χ0) is 11.5. The van der Waals surface area contributed by atoms with E-state index in [1.807, 2.05) is 23.6 Å². The number of halogens is 1. The fraction of sp³-hybridized carbons (Fsp3) is 0.182. The molecule has 5 heteroatoms. The van der Waals surface area contributed by atoms with Crippen LogP contribution >= 0.6 is 27.3 Å². The molecule has 2 rings (SSSR count). The standard InChI is InChI=1S/C11H10BrNO2S/c1-14-7-3-4-8(9(5-7)15-2)11-13-10(12)6-16-11/h3-6H,1-2H3. The maximum absolute atomic E-state index is 5.32. The second-order valence-electron chi connectivity index (χ2n) is 3.04. The average Bonchev–Trinajstić information content (AvgIpc) is 2.74. The molecule has 0 amide bonds. The van der Waals surface area contributed by atoms with E-state index in [0.717, 1.165) is 26.7 Å². The lowest BCUT2D eigenvalue weighted by atomic mass is 10.2. The third-order valence-electron chi connectivity index (χ3n) is 2.12. The molecule has 0 atom stereocenters. The van der Waals surface area contributed by atoms with Crippen molar-refractivity contribution in [3.05, 3.63) is 28.2 Å². The Morgan fingerprint density at radius 1 is 1.25 bits per heavy atom. The summed E-state index contributed by atoms with van der Waals surface area (Å²) < 4.78 is 11.3. The van der Waals surface area contributed by atoms with Crippen LogP contribution in [0.3, 0.4) is 0 Å². The molecule has 1 heterocycles. The highest BCUT2D eigenvalue weighted by Gasteiger charge is 2.10. The van der Waals surface area contributed by atoms with Gasteiger partial charge in [0.2, 0.25) is 0 Å². The van der Waals surface area contributed by atoms with Gasteiger partial charge in [-0.2, -0.15) is 0 Å². The van der Waals surface area contributed by atoms with Crippen molar-refractivity contribution in [1.29, 1.82) is 0 Å². The van der Waals surface area contributed by atoms with Crippen molar-refractivity contribution < 1.29 is 9.47 Å². The summed E-state index contributed by atoms with van der Waals surface area (Å²) in [5.74, 6) is 1.54. The minimum atomic E-state index is 0.765. The molecule has 0 aliphatic heterocycles. The Balaban J connectivity index is 2.48. The summed E-state index contributed by atoms with van der Waals surface area (Å²) in [7, 11) is 3.27. The minimum Gasteiger partial charge on any atom is -0.497 e. The molecule has 1 aromatic carbocycles. The molecule has 0 bridgehead atoms. The van der Waals surface area contributed by atoms with E-state index in [0.29, 0.717) is 0 Å². The Bertz CT molecular complexity index is 498. The first-order valence-electron chi connectivity index (χ1n) is 4.58. The van der Waals surface area contributed by atoms with Crippen LogP contribution in [0.5, 0.6) is 11.5 Å². The summed E-state index contributed by atoms with van der Waals surface area (Å²) in [6, 6.07) is 5.70. The Kier molecular flexibility index (Phi) is 3.46. The lowest BCUT2D eigenvalue weighted by Gasteiger charge is -2.07. The highest BCUT2D eigenvalue weighted by molar-refractivity contribution is 9.10. The first-order chi connectivity index (χ1) is 7.74. The Hall–Kier alpha value is -1.07. The third kappa shape index (κ3) is 2.20. The van der Waals surface area contributed by atoms with Crippen LogP contribution in [0, 0.1) is 0 Å². The molecule has 2 aromatic rings. The van der Waals surface area contributed by atoms with Gasteiger partial charge in [-0.1, -0.05) is 0 Å². The molecular formula is C11H10BrNO2S. The maximum Gasteiger partial charge on any atom is 0.132 e. The molecular weight excluding hydrogens is 290 g/mol. The van der Waals surface area contributed by atoms with E-state index in [1.54, 1.807) is 25.6 Å². The van der Waals surface area contributed by atoms with Crippen molar-refractivity contribution in [2.24, 2.45) is 0 Å². The van der Waals surface area contributed by atoms with E-state index in [9.17, 15) is 0 Å². The van der Waals surface area contributed by atoms with E-state index >= 15 is 0 Å². The van der Waals surface area contributed by atoms with Crippen molar-refractivity contribution >= 4 is 27.3 Å². The van der Waals surface area contributed by atoms with Crippen LogP contribution in [-0.2, 0) is 0 Å². The zero-order valence-electron chi connectivity index (χ0n) is 8.86. The first-order valence-corrected chi connectivity index (χ1v) is 6.25. The summed E-state index contributed by atoms with van der Waals surface area (Å²) in [5.41, 5.74) is 0.971. The molecule has 0 radical (unpaired) electrons. The second kappa shape index (κ2) is 4.84. The Morgan fingerprint density at radius 2 is 2.06 bits per heavy atom. The van der Waals surface area contributed by atoms with Crippen molar-refractivity contribution in [2.75, 3.05) is 14.2 Å². The molecule has 1 aromatic heterocycles. The van der Waals surface area contributed by atoms with E-state index in [4.69, 9.17) is 9.47 Å². The van der Waals surface area contributed by atoms with E-state index in [2.05, 4.69) is 20.9 Å². The number of rotatable bonds is 3. The monoisotopic (exact) mass is 299 g/mol. The van der Waals surface area contributed by atoms with Crippen molar-refractivity contribution in [3.8, 4) is 22.1 Å². The van der Waals surface area contributed by atoms with Gasteiger partial charge in [0, 0.05) is 11.4 Å². The number of thiazole rings is 1. The van der Waals surface area contributed by atoms with E-state index in [1.165, 1.54) is 0 Å². The SMILES string of the molecule is COc1ccc(-c2nc(Br)cs2)c(OC)c1. The van der Waals surface area contributed by atoms with Crippen LogP contribution in [0.1, 0.15) is 0 Å². The van der Waals surface area contributed by atoms with Crippen LogP contribution in [0.4, 0.5) is 0 Å². The van der Waals surface area contributed by atoms with Crippen LogP contribution in [0.2, 0.25) is 0 Å². The van der Waals surface area contributed by atoms with Gasteiger partial charge in [0.15, 0.2) is 0 Å². The van der Waals surface area contributed by atoms with Crippen LogP contribution in [0.25, 0.3) is 10.6 Å². The number of nitrogens with zero attached hydrogens (tertiary/aromatic N) is 1. The van der Waals surface area contributed by atoms with Gasteiger partial charge in [-0.3, -0.25) is 0 Å². The number of benzene rings is 1. The minimum absolute atomic E-state index is 0.765. The van der Waals surface area contributed by atoms with Crippen LogP contribution < -0.4 is 9.47 Å². The van der Waals surface area contributed by atoms with E-state index < -0.39 is 0 Å². The van der Waals surface area contributed by atoms with Crippen LogP contribution in [0.15, 0.2) is 28.2 Å². The molecule has 0 aliphatic carbocycles. The molecule has 0 unspecified atom stereocenters. The molecule has 0 saturated carbocycles. The number of hydrogen-bond acceptors (Lipinski definition) is 4. The molecule has 0 spiro atoms. The van der Waals surface area contributed by atoms with E-state index in [-0.39, 0.29) is 0 Å². The summed E-state index contributed by atoms with van der Waals surface area (Å²) in [6.45, 7) is 0. The quantitative estimate of drug-likeness (QED) is 0.868. The molecule has 0 fully saturated rings. The van der Waals surface area contributed by atoms with Crippen molar-refractivity contribution in [1.82, 2.24) is 4.98 Å². The zero-order valence-corrected chi connectivity index (χ0v) is 11.3. The lowest BCUT2D eigenvalue weighted by molar-refractivity contribution is 0.395. The van der Waals surface area contributed by atoms with Gasteiger partial charge in [0.1, 0.15) is 21.1 Å². The predicted octanol–water partition coefficient (Wildman–Crippen LogP) is 3.59. The normalized spacial score (nSPS) is 10.2. The number of aromatic nitrogens is 1. The molecule has 0 saturated heterocycles. The molecule has 16 heavy (non-hydrogen) atoms. The number of ether oxygens (including phenoxy) is 2. The van der Waals surface area contributed by atoms with Gasteiger partial charge in [-0.05, 0) is 28.1 Å². The van der Waals surface area contributed by atoms with Gasteiger partial charge >= 0.3 is 0 Å². The molecule has 3 nitrogen and oxygen atoms in total. The first kappa shape index (κ1) is 11.4. The van der Waals surface area contributed by atoms with Gasteiger partial charge in [0.25, 0.3) is 0 Å². The summed E-state index contributed by atoms with van der Waals surface area (Å²) in [5, 5.41) is 2.87. The van der Waals surface area contributed by atoms with Crippen molar-refractivity contribution in [3.63, 3.8) is 0 Å².